The Morgan fingerprint density at radius 2 is 2.20 bits per heavy atom. The highest BCUT2D eigenvalue weighted by molar-refractivity contribution is 5.76. The molecule has 0 spiro atoms. The third-order valence-corrected chi connectivity index (χ3v) is 1.41. The van der Waals surface area contributed by atoms with Gasteiger partial charge in [-0.15, -0.1) is 0 Å². The molecule has 0 aliphatic rings. The van der Waals surface area contributed by atoms with E-state index in [4.69, 9.17) is 0 Å². The van der Waals surface area contributed by atoms with Crippen LogP contribution in [0, 0.1) is 13.8 Å². The van der Waals surface area contributed by atoms with Gasteiger partial charge in [0, 0.05) is 17.5 Å². The zero-order valence-electron chi connectivity index (χ0n) is 6.09. The molecule has 10 heavy (non-hydrogen) atoms. The van der Waals surface area contributed by atoms with Crippen molar-refractivity contribution in [2.45, 2.75) is 13.8 Å². The minimum atomic E-state index is 0.672. The van der Waals surface area contributed by atoms with Crippen LogP contribution in [0.3, 0.4) is 0 Å². The van der Waals surface area contributed by atoms with Crippen molar-refractivity contribution in [1.82, 2.24) is 4.98 Å². The first-order valence-electron chi connectivity index (χ1n) is 3.12. The quantitative estimate of drug-likeness (QED) is 0.546. The van der Waals surface area contributed by atoms with Crippen molar-refractivity contribution in [3.05, 3.63) is 29.1 Å². The molecule has 0 aromatic carbocycles. The van der Waals surface area contributed by atoms with Crippen molar-refractivity contribution < 1.29 is 4.79 Å². The summed E-state index contributed by atoms with van der Waals surface area (Å²) in [6, 6.07) is 1.89. The Kier molecular flexibility index (Phi) is 1.81. The molecule has 0 amide bonds. The summed E-state index contributed by atoms with van der Waals surface area (Å²) in [4.78, 5) is 14.3. The topological polar surface area (TPSA) is 30.0 Å². The Balaban J connectivity index is 3.19. The first kappa shape index (κ1) is 6.93. The van der Waals surface area contributed by atoms with Gasteiger partial charge < -0.3 is 0 Å². The van der Waals surface area contributed by atoms with E-state index in [2.05, 4.69) is 4.98 Å². The van der Waals surface area contributed by atoms with Crippen molar-refractivity contribution in [3.63, 3.8) is 0 Å². The Bertz CT molecular complexity index is 255. The van der Waals surface area contributed by atoms with Gasteiger partial charge in [0.25, 0.3) is 0 Å². The Labute approximate surface area is 59.9 Å². The van der Waals surface area contributed by atoms with Crippen molar-refractivity contribution in [2.75, 3.05) is 0 Å². The number of rotatable bonds is 1. The fourth-order valence-corrected chi connectivity index (χ4v) is 0.830. The van der Waals surface area contributed by atoms with E-state index < -0.39 is 0 Å². The lowest BCUT2D eigenvalue weighted by atomic mass is 10.1. The summed E-state index contributed by atoms with van der Waals surface area (Å²) < 4.78 is 0. The molecule has 1 aromatic heterocycles. The van der Waals surface area contributed by atoms with E-state index in [1.165, 1.54) is 0 Å². The maximum atomic E-state index is 10.3. The number of aldehydes is 1. The van der Waals surface area contributed by atoms with E-state index in [0.29, 0.717) is 5.56 Å². The van der Waals surface area contributed by atoms with E-state index in [1.54, 1.807) is 6.20 Å². The molecule has 2 nitrogen and oxygen atoms in total. The molecule has 0 saturated carbocycles. The zero-order valence-corrected chi connectivity index (χ0v) is 6.09. The van der Waals surface area contributed by atoms with Gasteiger partial charge in [-0.2, -0.15) is 0 Å². The van der Waals surface area contributed by atoms with E-state index in [0.717, 1.165) is 17.5 Å². The molecule has 0 unspecified atom stereocenters. The van der Waals surface area contributed by atoms with Crippen LogP contribution in [-0.2, 0) is 0 Å². The van der Waals surface area contributed by atoms with E-state index >= 15 is 0 Å². The second-order valence-electron chi connectivity index (χ2n) is 2.30. The number of carbonyl (C=O) groups is 1. The second-order valence-corrected chi connectivity index (χ2v) is 2.30. The molecule has 1 aromatic rings. The van der Waals surface area contributed by atoms with Crippen LogP contribution in [0.4, 0.5) is 0 Å². The van der Waals surface area contributed by atoms with Crippen molar-refractivity contribution in [2.24, 2.45) is 0 Å². The third kappa shape index (κ3) is 1.21. The zero-order chi connectivity index (χ0) is 7.56. The second kappa shape index (κ2) is 2.60. The fourth-order valence-electron chi connectivity index (χ4n) is 0.830. The number of hydrogen-bond acceptors (Lipinski definition) is 2. The highest BCUT2D eigenvalue weighted by atomic mass is 16.1. The summed E-state index contributed by atoms with van der Waals surface area (Å²) in [6.45, 7) is 3.81. The molecule has 0 atom stereocenters. The van der Waals surface area contributed by atoms with Crippen LogP contribution < -0.4 is 0 Å². The largest absolute Gasteiger partial charge is 0.298 e. The third-order valence-electron chi connectivity index (χ3n) is 1.41. The standard InChI is InChI=1S/C8H9NO/c1-6-3-7(2)9-4-8(6)5-10/h3-5H,1-2H3. The van der Waals surface area contributed by atoms with Gasteiger partial charge in [-0.25, -0.2) is 0 Å². The summed E-state index contributed by atoms with van der Waals surface area (Å²) >= 11 is 0. The number of aromatic nitrogens is 1. The molecule has 0 fully saturated rings. The van der Waals surface area contributed by atoms with Crippen LogP contribution in [0.5, 0.6) is 0 Å². The molecule has 0 aliphatic heterocycles. The number of aryl methyl sites for hydroxylation is 2. The van der Waals surface area contributed by atoms with Gasteiger partial charge in [-0.3, -0.25) is 9.78 Å². The van der Waals surface area contributed by atoms with Gasteiger partial charge in [0.15, 0.2) is 6.29 Å². The molecule has 52 valence electrons. The first-order valence-corrected chi connectivity index (χ1v) is 3.12. The molecule has 2 heteroatoms. The fraction of sp³-hybridized carbons (Fsp3) is 0.250. The van der Waals surface area contributed by atoms with Gasteiger partial charge in [0.1, 0.15) is 0 Å². The summed E-state index contributed by atoms with van der Waals surface area (Å²) in [6.07, 6.45) is 2.42. The Morgan fingerprint density at radius 1 is 1.50 bits per heavy atom. The van der Waals surface area contributed by atoms with Crippen molar-refractivity contribution in [3.8, 4) is 0 Å². The molecule has 0 aliphatic carbocycles. The minimum Gasteiger partial charge on any atom is -0.298 e. The maximum Gasteiger partial charge on any atom is 0.151 e. The molecule has 0 radical (unpaired) electrons. The summed E-state index contributed by atoms with van der Waals surface area (Å²) in [7, 11) is 0. The molecule has 0 bridgehead atoms. The lowest BCUT2D eigenvalue weighted by Crippen LogP contribution is -1.89. The van der Waals surface area contributed by atoms with Gasteiger partial charge >= 0.3 is 0 Å². The predicted octanol–water partition coefficient (Wildman–Crippen LogP) is 1.51. The maximum absolute atomic E-state index is 10.3. The first-order chi connectivity index (χ1) is 4.74. The van der Waals surface area contributed by atoms with Crippen LogP contribution in [0.2, 0.25) is 0 Å². The average molecular weight is 135 g/mol. The monoisotopic (exact) mass is 135 g/mol. The Morgan fingerprint density at radius 3 is 2.70 bits per heavy atom. The summed E-state index contributed by atoms with van der Waals surface area (Å²) in [5, 5.41) is 0. The minimum absolute atomic E-state index is 0.672. The molecular formula is C8H9NO. The van der Waals surface area contributed by atoms with Gasteiger partial charge in [0.2, 0.25) is 0 Å². The van der Waals surface area contributed by atoms with Crippen LogP contribution in [-0.4, -0.2) is 11.3 Å². The highest BCUT2D eigenvalue weighted by Crippen LogP contribution is 2.03. The summed E-state index contributed by atoms with van der Waals surface area (Å²) in [5.41, 5.74) is 2.61. The Hall–Kier alpha value is -1.18. The van der Waals surface area contributed by atoms with Crippen LogP contribution in [0.15, 0.2) is 12.3 Å². The average Bonchev–Trinajstić information content (AvgIpc) is 1.88. The normalized spacial score (nSPS) is 9.40. The summed E-state index contributed by atoms with van der Waals surface area (Å²) in [5.74, 6) is 0. The molecule has 0 saturated heterocycles. The molecule has 0 N–H and O–H groups in total. The van der Waals surface area contributed by atoms with Crippen LogP contribution in [0.1, 0.15) is 21.6 Å². The lowest BCUT2D eigenvalue weighted by Gasteiger charge is -1.96. The number of carbonyl (C=O) groups excluding carboxylic acids is 1. The van der Waals surface area contributed by atoms with Gasteiger partial charge in [0.05, 0.1) is 0 Å². The smallest absolute Gasteiger partial charge is 0.151 e. The number of nitrogens with zero attached hydrogens (tertiary/aromatic N) is 1. The van der Waals surface area contributed by atoms with Gasteiger partial charge in [-0.1, -0.05) is 0 Å². The van der Waals surface area contributed by atoms with Crippen LogP contribution >= 0.6 is 0 Å². The van der Waals surface area contributed by atoms with E-state index in [9.17, 15) is 4.79 Å². The SMILES string of the molecule is Cc1cc(C)c(C=O)cn1. The number of pyridine rings is 1. The van der Waals surface area contributed by atoms with Gasteiger partial charge in [-0.05, 0) is 25.5 Å². The predicted molar refractivity (Wildman–Crippen MR) is 39.1 cm³/mol. The molecule has 1 rings (SSSR count). The van der Waals surface area contributed by atoms with Crippen molar-refractivity contribution in [1.29, 1.82) is 0 Å². The van der Waals surface area contributed by atoms with E-state index in [-0.39, 0.29) is 0 Å². The van der Waals surface area contributed by atoms with E-state index in [1.807, 2.05) is 19.9 Å². The molecular weight excluding hydrogens is 126 g/mol. The number of hydrogen-bond donors (Lipinski definition) is 0. The van der Waals surface area contributed by atoms with Crippen molar-refractivity contribution >= 4 is 6.29 Å². The molecule has 1 heterocycles. The highest BCUT2D eigenvalue weighted by Gasteiger charge is 1.95. The lowest BCUT2D eigenvalue weighted by molar-refractivity contribution is 0.112. The van der Waals surface area contributed by atoms with Crippen LogP contribution in [0.25, 0.3) is 0 Å².